The Morgan fingerprint density at radius 3 is 2.66 bits per heavy atom. The topological polar surface area (TPSA) is 72.7 Å². The van der Waals surface area contributed by atoms with Crippen LogP contribution in [-0.2, 0) is 17.9 Å². The summed E-state index contributed by atoms with van der Waals surface area (Å²) in [5.74, 6) is 1.04. The lowest BCUT2D eigenvalue weighted by Gasteiger charge is -2.12. The normalized spacial score (nSPS) is 11.1. The molecule has 0 bridgehead atoms. The number of fused-ring (bicyclic) bond motifs is 1. The SMILES string of the molecule is CCn1c(SCC(=O)NCc2cccs2)nnc1-c1cc(-c2ccc(C)cc2)nc2ccccc12. The molecule has 3 heterocycles. The molecular formula is C27H25N5OS2. The number of aryl methyl sites for hydroxylation is 1. The number of carbonyl (C=O) groups is 1. The van der Waals surface area contributed by atoms with Crippen molar-refractivity contribution in [1.82, 2.24) is 25.1 Å². The first-order chi connectivity index (χ1) is 17.1. The third-order valence-corrected chi connectivity index (χ3v) is 7.55. The maximum atomic E-state index is 12.4. The molecule has 1 amide bonds. The van der Waals surface area contributed by atoms with Crippen molar-refractivity contribution in [1.29, 1.82) is 0 Å². The minimum Gasteiger partial charge on any atom is -0.350 e. The van der Waals surface area contributed by atoms with Crippen molar-refractivity contribution in [2.45, 2.75) is 32.1 Å². The number of carbonyl (C=O) groups excluding carboxylic acids is 1. The molecule has 35 heavy (non-hydrogen) atoms. The summed E-state index contributed by atoms with van der Waals surface area (Å²) >= 11 is 3.04. The van der Waals surface area contributed by atoms with E-state index < -0.39 is 0 Å². The van der Waals surface area contributed by atoms with Crippen LogP contribution in [0.15, 0.2) is 77.3 Å². The number of aromatic nitrogens is 4. The van der Waals surface area contributed by atoms with Crippen molar-refractivity contribution in [2.75, 3.05) is 5.75 Å². The Balaban J connectivity index is 1.44. The van der Waals surface area contributed by atoms with Crippen LogP contribution in [0.2, 0.25) is 0 Å². The van der Waals surface area contributed by atoms with Gasteiger partial charge in [-0.25, -0.2) is 4.98 Å². The molecule has 0 aliphatic heterocycles. The summed E-state index contributed by atoms with van der Waals surface area (Å²) < 4.78 is 2.07. The molecule has 3 aromatic heterocycles. The summed E-state index contributed by atoms with van der Waals surface area (Å²) in [6.45, 7) is 5.39. The molecule has 176 valence electrons. The zero-order chi connectivity index (χ0) is 24.2. The van der Waals surface area contributed by atoms with E-state index in [-0.39, 0.29) is 11.7 Å². The predicted octanol–water partition coefficient (Wildman–Crippen LogP) is 5.96. The van der Waals surface area contributed by atoms with Crippen LogP contribution >= 0.6 is 23.1 Å². The molecular weight excluding hydrogens is 474 g/mol. The van der Waals surface area contributed by atoms with Crippen molar-refractivity contribution in [3.8, 4) is 22.6 Å². The number of amides is 1. The van der Waals surface area contributed by atoms with Crippen LogP contribution in [0.4, 0.5) is 0 Å². The highest BCUT2D eigenvalue weighted by Gasteiger charge is 2.18. The smallest absolute Gasteiger partial charge is 0.230 e. The second-order valence-corrected chi connectivity index (χ2v) is 10.1. The maximum absolute atomic E-state index is 12.4. The summed E-state index contributed by atoms with van der Waals surface area (Å²) in [5, 5.41) is 15.7. The molecule has 1 N–H and O–H groups in total. The molecule has 0 spiro atoms. The van der Waals surface area contributed by atoms with Gasteiger partial charge in [-0.2, -0.15) is 0 Å². The lowest BCUT2D eigenvalue weighted by Crippen LogP contribution is -2.24. The molecule has 0 saturated carbocycles. The van der Waals surface area contributed by atoms with Gasteiger partial charge >= 0.3 is 0 Å². The fourth-order valence-electron chi connectivity index (χ4n) is 3.89. The number of hydrogen-bond donors (Lipinski definition) is 1. The van der Waals surface area contributed by atoms with Gasteiger partial charge in [0.05, 0.1) is 23.5 Å². The number of pyridine rings is 1. The van der Waals surface area contributed by atoms with E-state index >= 15 is 0 Å². The van der Waals surface area contributed by atoms with Crippen LogP contribution in [0.3, 0.4) is 0 Å². The van der Waals surface area contributed by atoms with Gasteiger partial charge in [0.15, 0.2) is 11.0 Å². The van der Waals surface area contributed by atoms with Crippen LogP contribution in [0.25, 0.3) is 33.5 Å². The van der Waals surface area contributed by atoms with E-state index in [0.29, 0.717) is 13.1 Å². The van der Waals surface area contributed by atoms with E-state index in [4.69, 9.17) is 4.98 Å². The van der Waals surface area contributed by atoms with Crippen LogP contribution < -0.4 is 5.32 Å². The Bertz CT molecular complexity index is 1460. The Morgan fingerprint density at radius 2 is 1.89 bits per heavy atom. The van der Waals surface area contributed by atoms with E-state index in [1.54, 1.807) is 11.3 Å². The van der Waals surface area contributed by atoms with Gasteiger partial charge in [0.2, 0.25) is 5.91 Å². The Kier molecular flexibility index (Phi) is 6.92. The van der Waals surface area contributed by atoms with Gasteiger partial charge in [0, 0.05) is 27.9 Å². The van der Waals surface area contributed by atoms with Gasteiger partial charge in [-0.05, 0) is 37.4 Å². The number of thioether (sulfide) groups is 1. The zero-order valence-corrected chi connectivity index (χ0v) is 21.2. The Labute approximate surface area is 212 Å². The van der Waals surface area contributed by atoms with Gasteiger partial charge in [0.25, 0.3) is 0 Å². The molecule has 0 aliphatic rings. The number of thiophene rings is 1. The number of para-hydroxylation sites is 1. The standard InChI is InChI=1S/C27H25N5OS2/c1-3-32-26(30-31-27(32)35-17-25(33)28-16-20-7-6-14-34-20)22-15-24(19-12-10-18(2)11-13-19)29-23-9-5-4-8-21(22)23/h4-15H,3,16-17H2,1-2H3,(H,28,33). The lowest BCUT2D eigenvalue weighted by molar-refractivity contribution is -0.118. The first-order valence-electron chi connectivity index (χ1n) is 11.4. The second kappa shape index (κ2) is 10.4. The molecule has 6 nitrogen and oxygen atoms in total. The summed E-state index contributed by atoms with van der Waals surface area (Å²) in [6.07, 6.45) is 0. The summed E-state index contributed by atoms with van der Waals surface area (Å²) in [4.78, 5) is 18.4. The third kappa shape index (κ3) is 5.13. The molecule has 0 saturated heterocycles. The molecule has 0 unspecified atom stereocenters. The summed E-state index contributed by atoms with van der Waals surface area (Å²) in [5.41, 5.74) is 5.05. The van der Waals surface area contributed by atoms with Gasteiger partial charge < -0.3 is 9.88 Å². The minimum atomic E-state index is -0.0216. The fourth-order valence-corrected chi connectivity index (χ4v) is 5.37. The Hall–Kier alpha value is -3.49. The van der Waals surface area contributed by atoms with Gasteiger partial charge in [0.1, 0.15) is 0 Å². The van der Waals surface area contributed by atoms with E-state index in [9.17, 15) is 4.79 Å². The van der Waals surface area contributed by atoms with Crippen molar-refractivity contribution < 1.29 is 4.79 Å². The fraction of sp³-hybridized carbons (Fsp3) is 0.185. The first kappa shape index (κ1) is 23.3. The molecule has 8 heteroatoms. The number of nitrogens with zero attached hydrogens (tertiary/aromatic N) is 4. The second-order valence-electron chi connectivity index (χ2n) is 8.13. The summed E-state index contributed by atoms with van der Waals surface area (Å²) in [7, 11) is 0. The van der Waals surface area contributed by atoms with Crippen molar-refractivity contribution >= 4 is 39.9 Å². The Morgan fingerprint density at radius 1 is 1.06 bits per heavy atom. The van der Waals surface area contributed by atoms with Gasteiger partial charge in [-0.3, -0.25) is 4.79 Å². The van der Waals surface area contributed by atoms with Crippen LogP contribution in [0.5, 0.6) is 0 Å². The number of rotatable bonds is 8. The molecule has 0 fully saturated rings. The number of benzene rings is 2. The molecule has 0 aliphatic carbocycles. The van der Waals surface area contributed by atoms with E-state index in [2.05, 4.69) is 70.3 Å². The molecule has 0 radical (unpaired) electrons. The van der Waals surface area contributed by atoms with Crippen LogP contribution in [-0.4, -0.2) is 31.4 Å². The molecule has 5 aromatic rings. The molecule has 0 atom stereocenters. The molecule has 2 aromatic carbocycles. The maximum Gasteiger partial charge on any atom is 0.230 e. The lowest BCUT2D eigenvalue weighted by atomic mass is 10.0. The number of nitrogens with one attached hydrogen (secondary N) is 1. The largest absolute Gasteiger partial charge is 0.350 e. The average Bonchev–Trinajstić information content (AvgIpc) is 3.55. The minimum absolute atomic E-state index is 0.0216. The van der Waals surface area contributed by atoms with Crippen LogP contribution in [0.1, 0.15) is 17.4 Å². The molecule has 5 rings (SSSR count). The first-order valence-corrected chi connectivity index (χ1v) is 13.3. The highest BCUT2D eigenvalue weighted by atomic mass is 32.2. The number of hydrogen-bond acceptors (Lipinski definition) is 6. The highest BCUT2D eigenvalue weighted by molar-refractivity contribution is 7.99. The highest BCUT2D eigenvalue weighted by Crippen LogP contribution is 2.33. The van der Waals surface area contributed by atoms with Crippen molar-refractivity contribution in [2.24, 2.45) is 0 Å². The third-order valence-electron chi connectivity index (χ3n) is 5.71. The average molecular weight is 500 g/mol. The van der Waals surface area contributed by atoms with E-state index in [1.807, 2.05) is 35.7 Å². The zero-order valence-electron chi connectivity index (χ0n) is 19.6. The van der Waals surface area contributed by atoms with Gasteiger partial charge in [-0.15, -0.1) is 21.5 Å². The summed E-state index contributed by atoms with van der Waals surface area (Å²) in [6, 6.07) is 22.6. The van der Waals surface area contributed by atoms with Crippen molar-refractivity contribution in [3.05, 3.63) is 82.6 Å². The predicted molar refractivity (Wildman–Crippen MR) is 143 cm³/mol. The van der Waals surface area contributed by atoms with Crippen LogP contribution in [0, 0.1) is 6.92 Å². The van der Waals surface area contributed by atoms with Gasteiger partial charge in [-0.1, -0.05) is 65.9 Å². The monoisotopic (exact) mass is 499 g/mol. The van der Waals surface area contributed by atoms with Crippen molar-refractivity contribution in [3.63, 3.8) is 0 Å². The van der Waals surface area contributed by atoms with E-state index in [1.165, 1.54) is 17.3 Å². The van der Waals surface area contributed by atoms with E-state index in [0.717, 1.165) is 43.6 Å². The quantitative estimate of drug-likeness (QED) is 0.267.